The van der Waals surface area contributed by atoms with Crippen LogP contribution in [-0.2, 0) is 11.3 Å². The van der Waals surface area contributed by atoms with Crippen molar-refractivity contribution in [2.75, 3.05) is 13.2 Å². The number of carbonyl (C=O) groups excluding carboxylic acids is 1. The second kappa shape index (κ2) is 10.3. The third kappa shape index (κ3) is 4.74. The molecule has 3 aromatic carbocycles. The lowest BCUT2D eigenvalue weighted by Gasteiger charge is -2.29. The molecule has 5 heteroatoms. The molecule has 1 N–H and O–H groups in total. The van der Waals surface area contributed by atoms with Crippen LogP contribution < -0.4 is 0 Å². The zero-order valence-electron chi connectivity index (χ0n) is 18.2. The van der Waals surface area contributed by atoms with Gasteiger partial charge in [-0.15, -0.1) is 0 Å². The third-order valence-electron chi connectivity index (χ3n) is 6.18. The van der Waals surface area contributed by atoms with Gasteiger partial charge in [-0.3, -0.25) is 0 Å². The Morgan fingerprint density at radius 2 is 1.59 bits per heavy atom. The minimum atomic E-state index is -0.326. The molecule has 0 bridgehead atoms. The largest absolute Gasteiger partial charge is 0.448 e. The Kier molecular flexibility index (Phi) is 7.28. The van der Waals surface area contributed by atoms with Crippen molar-refractivity contribution in [3.8, 4) is 11.1 Å². The fourth-order valence-electron chi connectivity index (χ4n) is 4.43. The van der Waals surface area contributed by atoms with E-state index >= 15 is 0 Å². The number of nitrogens with zero attached hydrogens (tertiary/aromatic N) is 1. The molecule has 1 aliphatic carbocycles. The Bertz CT molecular complexity index is 1040. The van der Waals surface area contributed by atoms with E-state index in [-0.39, 0.29) is 24.7 Å². The van der Waals surface area contributed by atoms with Gasteiger partial charge in [0.1, 0.15) is 6.61 Å². The zero-order valence-corrected chi connectivity index (χ0v) is 19.8. The number of aliphatic hydroxyl groups excluding tert-OH is 1. The van der Waals surface area contributed by atoms with Crippen LogP contribution >= 0.6 is 15.9 Å². The van der Waals surface area contributed by atoms with Gasteiger partial charge in [0, 0.05) is 23.0 Å². The minimum absolute atomic E-state index is 0.0319. The predicted octanol–water partition coefficient (Wildman–Crippen LogP) is 6.36. The van der Waals surface area contributed by atoms with Crippen LogP contribution in [0.15, 0.2) is 77.3 Å². The van der Waals surface area contributed by atoms with Crippen molar-refractivity contribution in [2.24, 2.45) is 0 Å². The van der Waals surface area contributed by atoms with Crippen molar-refractivity contribution in [3.63, 3.8) is 0 Å². The molecule has 1 atom stereocenters. The molecule has 32 heavy (non-hydrogen) atoms. The molecule has 0 radical (unpaired) electrons. The summed E-state index contributed by atoms with van der Waals surface area (Å²) in [5.74, 6) is 0.0319. The highest BCUT2D eigenvalue weighted by Crippen LogP contribution is 2.44. The number of ether oxygens (including phenoxy) is 1. The Balaban J connectivity index is 1.53. The second-order valence-corrected chi connectivity index (χ2v) is 9.09. The van der Waals surface area contributed by atoms with E-state index in [1.54, 1.807) is 4.90 Å². The van der Waals surface area contributed by atoms with Gasteiger partial charge in [-0.2, -0.15) is 0 Å². The van der Waals surface area contributed by atoms with Gasteiger partial charge in [0.2, 0.25) is 0 Å². The van der Waals surface area contributed by atoms with Crippen LogP contribution in [0.4, 0.5) is 4.79 Å². The Morgan fingerprint density at radius 3 is 2.22 bits per heavy atom. The maximum atomic E-state index is 13.3. The van der Waals surface area contributed by atoms with E-state index in [2.05, 4.69) is 40.2 Å². The summed E-state index contributed by atoms with van der Waals surface area (Å²) in [4.78, 5) is 15.0. The molecule has 4 rings (SSSR count). The molecule has 1 amide bonds. The summed E-state index contributed by atoms with van der Waals surface area (Å²) in [6, 6.07) is 24.5. The fourth-order valence-corrected chi connectivity index (χ4v) is 4.84. The van der Waals surface area contributed by atoms with E-state index in [9.17, 15) is 9.90 Å². The quantitative estimate of drug-likeness (QED) is 0.397. The van der Waals surface area contributed by atoms with Gasteiger partial charge in [-0.25, -0.2) is 4.79 Å². The van der Waals surface area contributed by atoms with Crippen molar-refractivity contribution in [1.29, 1.82) is 0 Å². The van der Waals surface area contributed by atoms with Crippen LogP contribution in [0.25, 0.3) is 11.1 Å². The lowest BCUT2D eigenvalue weighted by Crippen LogP contribution is -2.39. The van der Waals surface area contributed by atoms with Crippen LogP contribution in [0.1, 0.15) is 42.4 Å². The van der Waals surface area contributed by atoms with Crippen LogP contribution in [0.2, 0.25) is 0 Å². The van der Waals surface area contributed by atoms with Crippen molar-refractivity contribution in [1.82, 2.24) is 4.90 Å². The Morgan fingerprint density at radius 1 is 1.00 bits per heavy atom. The monoisotopic (exact) mass is 493 g/mol. The number of fused-ring (bicyclic) bond motifs is 3. The molecule has 166 valence electrons. The van der Waals surface area contributed by atoms with E-state index in [1.165, 1.54) is 22.3 Å². The molecule has 3 aromatic rings. The van der Waals surface area contributed by atoms with Gasteiger partial charge in [0.15, 0.2) is 0 Å². The maximum absolute atomic E-state index is 13.3. The van der Waals surface area contributed by atoms with Crippen molar-refractivity contribution >= 4 is 22.0 Å². The number of amides is 1. The normalized spacial score (nSPS) is 13.3. The number of halogens is 1. The van der Waals surface area contributed by atoms with E-state index in [0.29, 0.717) is 26.0 Å². The molecule has 0 saturated carbocycles. The number of benzene rings is 3. The van der Waals surface area contributed by atoms with Gasteiger partial charge in [-0.05, 0) is 53.6 Å². The third-order valence-corrected chi connectivity index (χ3v) is 6.95. The van der Waals surface area contributed by atoms with Gasteiger partial charge in [-0.1, -0.05) is 82.7 Å². The maximum Gasteiger partial charge on any atom is 0.410 e. The molecule has 1 unspecified atom stereocenters. The SMILES string of the molecule is CC(CCCO)N(Cc1ccccc1Br)C(=O)OCC1c2ccccc2-c2ccccc21. The summed E-state index contributed by atoms with van der Waals surface area (Å²) >= 11 is 3.59. The molecule has 0 aliphatic heterocycles. The first-order chi connectivity index (χ1) is 15.6. The number of carbonyl (C=O) groups is 1. The number of hydrogen-bond acceptors (Lipinski definition) is 3. The van der Waals surface area contributed by atoms with Crippen molar-refractivity contribution < 1.29 is 14.6 Å². The van der Waals surface area contributed by atoms with E-state index in [1.807, 2.05) is 55.5 Å². The molecule has 0 fully saturated rings. The highest BCUT2D eigenvalue weighted by molar-refractivity contribution is 9.10. The van der Waals surface area contributed by atoms with Crippen LogP contribution in [0.5, 0.6) is 0 Å². The Hall–Kier alpha value is -2.63. The van der Waals surface area contributed by atoms with Gasteiger partial charge in [0.05, 0.1) is 6.54 Å². The van der Waals surface area contributed by atoms with E-state index in [0.717, 1.165) is 10.0 Å². The highest BCUT2D eigenvalue weighted by atomic mass is 79.9. The number of hydrogen-bond donors (Lipinski definition) is 1. The summed E-state index contributed by atoms with van der Waals surface area (Å²) < 4.78 is 6.89. The summed E-state index contributed by atoms with van der Waals surface area (Å²) in [5.41, 5.74) is 5.85. The average molecular weight is 494 g/mol. The smallest absolute Gasteiger partial charge is 0.410 e. The lowest BCUT2D eigenvalue weighted by atomic mass is 9.98. The molecule has 0 heterocycles. The number of rotatable bonds is 8. The Labute approximate surface area is 198 Å². The molecule has 0 spiro atoms. The summed E-state index contributed by atoms with van der Waals surface area (Å²) in [5, 5.41) is 9.26. The van der Waals surface area contributed by atoms with E-state index < -0.39 is 0 Å². The average Bonchev–Trinajstić information content (AvgIpc) is 3.14. The van der Waals surface area contributed by atoms with Gasteiger partial charge >= 0.3 is 6.09 Å². The molecular formula is C27H28BrNO3. The summed E-state index contributed by atoms with van der Waals surface area (Å²) in [6.07, 6.45) is 1.03. The van der Waals surface area contributed by atoms with Gasteiger partial charge < -0.3 is 14.7 Å². The molecular weight excluding hydrogens is 466 g/mol. The summed E-state index contributed by atoms with van der Waals surface area (Å²) in [7, 11) is 0. The van der Waals surface area contributed by atoms with E-state index in [4.69, 9.17) is 4.74 Å². The first kappa shape index (κ1) is 22.6. The lowest BCUT2D eigenvalue weighted by molar-refractivity contribution is 0.0800. The topological polar surface area (TPSA) is 49.8 Å². The first-order valence-electron chi connectivity index (χ1n) is 11.1. The fraction of sp³-hybridized carbons (Fsp3) is 0.296. The second-order valence-electron chi connectivity index (χ2n) is 8.24. The summed E-state index contributed by atoms with van der Waals surface area (Å²) in [6.45, 7) is 2.86. The molecule has 4 nitrogen and oxygen atoms in total. The van der Waals surface area contributed by atoms with Crippen LogP contribution in [0.3, 0.4) is 0 Å². The van der Waals surface area contributed by atoms with Crippen LogP contribution in [0, 0.1) is 0 Å². The first-order valence-corrected chi connectivity index (χ1v) is 11.8. The molecule has 1 aliphatic rings. The van der Waals surface area contributed by atoms with Gasteiger partial charge in [0.25, 0.3) is 0 Å². The highest BCUT2D eigenvalue weighted by Gasteiger charge is 2.30. The van der Waals surface area contributed by atoms with Crippen molar-refractivity contribution in [2.45, 2.75) is 38.3 Å². The molecule has 0 aromatic heterocycles. The van der Waals surface area contributed by atoms with Crippen molar-refractivity contribution in [3.05, 3.63) is 94.0 Å². The number of aliphatic hydroxyl groups is 1. The predicted molar refractivity (Wildman–Crippen MR) is 131 cm³/mol. The van der Waals surface area contributed by atoms with Crippen LogP contribution in [-0.4, -0.2) is 35.4 Å². The minimum Gasteiger partial charge on any atom is -0.448 e. The molecule has 0 saturated heterocycles. The standard InChI is InChI=1S/C27H28BrNO3/c1-19(9-8-16-30)29(17-20-10-2-7-15-26(20)28)27(31)32-18-25-23-13-5-3-11-21(23)22-12-4-6-14-24(22)25/h2-7,10-15,19,25,30H,8-9,16-18H2,1H3. The zero-order chi connectivity index (χ0) is 22.5.